The monoisotopic (exact) mass is 278 g/mol. The Kier molecular flexibility index (Phi) is 5.12. The summed E-state index contributed by atoms with van der Waals surface area (Å²) in [6.07, 6.45) is 2.11. The molecule has 0 bridgehead atoms. The highest BCUT2D eigenvalue weighted by Gasteiger charge is 2.28. The fraction of sp³-hybridized carbons (Fsp3) is 0.400. The quantitative estimate of drug-likeness (QED) is 0.770. The minimum atomic E-state index is -0.338. The highest BCUT2D eigenvalue weighted by atomic mass is 19.1. The Hall–Kier alpha value is -1.88. The lowest BCUT2D eigenvalue weighted by atomic mass is 10.1. The SMILES string of the molecule is C=CCNC(=O)CCN1CC(Oc2ccccc2F)C1. The zero-order chi connectivity index (χ0) is 14.4. The van der Waals surface area contributed by atoms with Gasteiger partial charge in [0.2, 0.25) is 5.91 Å². The van der Waals surface area contributed by atoms with Crippen molar-refractivity contribution >= 4 is 5.91 Å². The van der Waals surface area contributed by atoms with Gasteiger partial charge in [0.05, 0.1) is 0 Å². The lowest BCUT2D eigenvalue weighted by molar-refractivity contribution is -0.121. The molecule has 5 heteroatoms. The summed E-state index contributed by atoms with van der Waals surface area (Å²) in [5.41, 5.74) is 0. The summed E-state index contributed by atoms with van der Waals surface area (Å²) < 4.78 is 18.9. The second-order valence-electron chi connectivity index (χ2n) is 4.77. The first-order valence-corrected chi connectivity index (χ1v) is 6.70. The van der Waals surface area contributed by atoms with E-state index >= 15 is 0 Å². The van der Waals surface area contributed by atoms with Gasteiger partial charge in [0.15, 0.2) is 11.6 Å². The number of hydrogen-bond acceptors (Lipinski definition) is 3. The van der Waals surface area contributed by atoms with Crippen molar-refractivity contribution in [3.8, 4) is 5.75 Å². The molecular formula is C15H19FN2O2. The lowest BCUT2D eigenvalue weighted by Crippen LogP contribution is -2.54. The van der Waals surface area contributed by atoms with Crippen molar-refractivity contribution in [2.75, 3.05) is 26.2 Å². The fourth-order valence-electron chi connectivity index (χ4n) is 2.03. The number of hydrogen-bond donors (Lipinski definition) is 1. The molecule has 0 radical (unpaired) electrons. The van der Waals surface area contributed by atoms with E-state index in [-0.39, 0.29) is 17.8 Å². The molecule has 0 aromatic heterocycles. The Balaban J connectivity index is 1.64. The van der Waals surface area contributed by atoms with Gasteiger partial charge in [-0.2, -0.15) is 0 Å². The number of nitrogens with one attached hydrogen (secondary N) is 1. The van der Waals surface area contributed by atoms with Crippen molar-refractivity contribution in [3.63, 3.8) is 0 Å². The van der Waals surface area contributed by atoms with Crippen LogP contribution < -0.4 is 10.1 Å². The molecule has 0 saturated carbocycles. The second-order valence-corrected chi connectivity index (χ2v) is 4.77. The fourth-order valence-corrected chi connectivity index (χ4v) is 2.03. The number of benzene rings is 1. The van der Waals surface area contributed by atoms with Gasteiger partial charge in [-0.05, 0) is 12.1 Å². The molecule has 1 amide bonds. The highest BCUT2D eigenvalue weighted by molar-refractivity contribution is 5.76. The van der Waals surface area contributed by atoms with Gasteiger partial charge in [0, 0.05) is 32.6 Å². The van der Waals surface area contributed by atoms with Crippen molar-refractivity contribution < 1.29 is 13.9 Å². The van der Waals surface area contributed by atoms with E-state index in [4.69, 9.17) is 4.74 Å². The molecule has 1 aromatic rings. The largest absolute Gasteiger partial charge is 0.485 e. The van der Waals surface area contributed by atoms with Crippen LogP contribution in [0, 0.1) is 5.82 Å². The molecule has 0 unspecified atom stereocenters. The van der Waals surface area contributed by atoms with Crippen LogP contribution in [0.3, 0.4) is 0 Å². The van der Waals surface area contributed by atoms with E-state index in [1.807, 2.05) is 0 Å². The molecule has 1 aliphatic heterocycles. The second kappa shape index (κ2) is 7.05. The molecule has 4 nitrogen and oxygen atoms in total. The lowest BCUT2D eigenvalue weighted by Gasteiger charge is -2.38. The van der Waals surface area contributed by atoms with Crippen LogP contribution in [0.4, 0.5) is 4.39 Å². The standard InChI is InChI=1S/C15H19FN2O2/c1-2-8-17-15(19)7-9-18-10-12(11-18)20-14-6-4-3-5-13(14)16/h2-6,12H,1,7-11H2,(H,17,19). The molecule has 1 aromatic carbocycles. The Labute approximate surface area is 118 Å². The topological polar surface area (TPSA) is 41.6 Å². The Morgan fingerprint density at radius 1 is 1.50 bits per heavy atom. The molecule has 0 aliphatic carbocycles. The third-order valence-electron chi connectivity index (χ3n) is 3.15. The van der Waals surface area contributed by atoms with Crippen LogP contribution in [0.25, 0.3) is 0 Å². The van der Waals surface area contributed by atoms with Gasteiger partial charge < -0.3 is 10.1 Å². The first-order chi connectivity index (χ1) is 9.69. The molecule has 1 N–H and O–H groups in total. The Bertz CT molecular complexity index is 473. The number of carbonyl (C=O) groups excluding carboxylic acids is 1. The summed E-state index contributed by atoms with van der Waals surface area (Å²) in [6, 6.07) is 6.40. The summed E-state index contributed by atoms with van der Waals surface area (Å²) in [7, 11) is 0. The zero-order valence-electron chi connectivity index (χ0n) is 11.3. The van der Waals surface area contributed by atoms with E-state index in [1.165, 1.54) is 6.07 Å². The van der Waals surface area contributed by atoms with Crippen molar-refractivity contribution in [2.24, 2.45) is 0 Å². The third-order valence-corrected chi connectivity index (χ3v) is 3.15. The summed E-state index contributed by atoms with van der Waals surface area (Å²) >= 11 is 0. The van der Waals surface area contributed by atoms with Gasteiger partial charge in [0.1, 0.15) is 6.10 Å². The number of carbonyl (C=O) groups is 1. The first-order valence-electron chi connectivity index (χ1n) is 6.70. The molecule has 1 saturated heterocycles. The van der Waals surface area contributed by atoms with Crippen molar-refractivity contribution in [3.05, 3.63) is 42.7 Å². The first kappa shape index (κ1) is 14.5. The number of amides is 1. The van der Waals surface area contributed by atoms with E-state index in [1.54, 1.807) is 24.3 Å². The maximum absolute atomic E-state index is 13.4. The minimum Gasteiger partial charge on any atom is -0.485 e. The van der Waals surface area contributed by atoms with Crippen molar-refractivity contribution in [2.45, 2.75) is 12.5 Å². The molecule has 2 rings (SSSR count). The molecule has 1 fully saturated rings. The van der Waals surface area contributed by atoms with Gasteiger partial charge in [-0.3, -0.25) is 9.69 Å². The van der Waals surface area contributed by atoms with Crippen LogP contribution in [-0.4, -0.2) is 43.1 Å². The number of para-hydroxylation sites is 1. The molecule has 0 spiro atoms. The number of halogens is 1. The molecule has 20 heavy (non-hydrogen) atoms. The van der Waals surface area contributed by atoms with Gasteiger partial charge in [-0.25, -0.2) is 4.39 Å². The molecule has 1 heterocycles. The number of ether oxygens (including phenoxy) is 1. The number of nitrogens with zero attached hydrogens (tertiary/aromatic N) is 1. The van der Waals surface area contributed by atoms with Gasteiger partial charge in [0.25, 0.3) is 0 Å². The maximum Gasteiger partial charge on any atom is 0.221 e. The van der Waals surface area contributed by atoms with Crippen LogP contribution in [-0.2, 0) is 4.79 Å². The predicted molar refractivity (Wildman–Crippen MR) is 75.1 cm³/mol. The van der Waals surface area contributed by atoms with Crippen molar-refractivity contribution in [1.82, 2.24) is 10.2 Å². The highest BCUT2D eigenvalue weighted by Crippen LogP contribution is 2.21. The smallest absolute Gasteiger partial charge is 0.221 e. The maximum atomic E-state index is 13.4. The van der Waals surface area contributed by atoms with E-state index < -0.39 is 0 Å². The van der Waals surface area contributed by atoms with Crippen LogP contribution in [0.15, 0.2) is 36.9 Å². The average Bonchev–Trinajstić information content (AvgIpc) is 2.40. The molecule has 1 aliphatic rings. The van der Waals surface area contributed by atoms with E-state index in [2.05, 4.69) is 16.8 Å². The van der Waals surface area contributed by atoms with Crippen LogP contribution in [0.2, 0.25) is 0 Å². The van der Waals surface area contributed by atoms with Gasteiger partial charge >= 0.3 is 0 Å². The summed E-state index contributed by atoms with van der Waals surface area (Å²) in [5, 5.41) is 2.73. The molecule has 108 valence electrons. The minimum absolute atomic E-state index is 0.00290. The van der Waals surface area contributed by atoms with Crippen molar-refractivity contribution in [1.29, 1.82) is 0 Å². The van der Waals surface area contributed by atoms with Crippen LogP contribution in [0.1, 0.15) is 6.42 Å². The van der Waals surface area contributed by atoms with E-state index in [0.29, 0.717) is 25.3 Å². The van der Waals surface area contributed by atoms with Gasteiger partial charge in [-0.1, -0.05) is 18.2 Å². The van der Waals surface area contributed by atoms with Gasteiger partial charge in [-0.15, -0.1) is 6.58 Å². The molecule has 0 atom stereocenters. The normalized spacial score (nSPS) is 15.4. The summed E-state index contributed by atoms with van der Waals surface area (Å²) in [4.78, 5) is 13.5. The average molecular weight is 278 g/mol. The summed E-state index contributed by atoms with van der Waals surface area (Å²) in [5.74, 6) is -0.0287. The molecular weight excluding hydrogens is 259 g/mol. The predicted octanol–water partition coefficient (Wildman–Crippen LogP) is 1.58. The van der Waals surface area contributed by atoms with E-state index in [9.17, 15) is 9.18 Å². The summed E-state index contributed by atoms with van der Waals surface area (Å²) in [6.45, 7) is 6.18. The zero-order valence-corrected chi connectivity index (χ0v) is 11.3. The third kappa shape index (κ3) is 4.06. The van der Waals surface area contributed by atoms with E-state index in [0.717, 1.165) is 13.1 Å². The Morgan fingerprint density at radius 3 is 2.95 bits per heavy atom. The Morgan fingerprint density at radius 2 is 2.25 bits per heavy atom. The number of likely N-dealkylation sites (tertiary alicyclic amines) is 1. The van der Waals surface area contributed by atoms with Crippen LogP contribution >= 0.6 is 0 Å². The number of rotatable bonds is 7. The van der Waals surface area contributed by atoms with Crippen LogP contribution in [0.5, 0.6) is 5.75 Å².